The number of benzene rings is 2. The molecule has 0 saturated carbocycles. The second-order valence-electron chi connectivity index (χ2n) is 11.1. The van der Waals surface area contributed by atoms with Crippen LogP contribution in [0.3, 0.4) is 0 Å². The molecular formula is C28H33FN6O4S. The van der Waals surface area contributed by atoms with Gasteiger partial charge in [0.05, 0.1) is 35.1 Å². The summed E-state index contributed by atoms with van der Waals surface area (Å²) in [7, 11) is 3.25. The van der Waals surface area contributed by atoms with Gasteiger partial charge in [-0.25, -0.2) is 14.2 Å². The molecule has 10 nitrogen and oxygen atoms in total. The molecular weight excluding hydrogens is 535 g/mol. The number of halogens is 1. The predicted molar refractivity (Wildman–Crippen MR) is 154 cm³/mol. The monoisotopic (exact) mass is 568 g/mol. The van der Waals surface area contributed by atoms with E-state index < -0.39 is 17.3 Å². The number of anilines is 2. The fourth-order valence-corrected chi connectivity index (χ4v) is 6.12. The van der Waals surface area contributed by atoms with Crippen LogP contribution in [0.15, 0.2) is 30.5 Å². The van der Waals surface area contributed by atoms with E-state index in [1.807, 2.05) is 40.7 Å². The van der Waals surface area contributed by atoms with E-state index in [4.69, 9.17) is 9.47 Å². The molecule has 3 heterocycles. The minimum atomic E-state index is -0.578. The number of rotatable bonds is 4. The molecule has 12 heteroatoms. The molecule has 1 aliphatic rings. The number of nitrogens with zero attached hydrogens (tertiary/aromatic N) is 5. The van der Waals surface area contributed by atoms with Gasteiger partial charge in [0.25, 0.3) is 11.1 Å². The van der Waals surface area contributed by atoms with Crippen molar-refractivity contribution in [2.24, 2.45) is 7.05 Å². The first-order valence-corrected chi connectivity index (χ1v) is 13.8. The molecule has 4 aromatic rings. The minimum Gasteiger partial charge on any atom is -0.473 e. The summed E-state index contributed by atoms with van der Waals surface area (Å²) in [6.07, 6.45) is 1.36. The molecule has 0 unspecified atom stereocenters. The molecule has 1 aliphatic heterocycles. The second-order valence-corrected chi connectivity index (χ2v) is 12.1. The Bertz CT molecular complexity index is 1600. The number of amides is 2. The van der Waals surface area contributed by atoms with Gasteiger partial charge in [0.2, 0.25) is 0 Å². The summed E-state index contributed by atoms with van der Waals surface area (Å²) in [5.74, 6) is -0.929. The molecule has 5 rings (SSSR count). The Morgan fingerprint density at radius 1 is 1.12 bits per heavy atom. The molecule has 1 fully saturated rings. The summed E-state index contributed by atoms with van der Waals surface area (Å²) in [5.41, 5.74) is 1.73. The lowest BCUT2D eigenvalue weighted by molar-refractivity contribution is 0.00567. The van der Waals surface area contributed by atoms with E-state index in [0.717, 1.165) is 10.4 Å². The lowest BCUT2D eigenvalue weighted by Gasteiger charge is -2.45. The first kappa shape index (κ1) is 27.6. The highest BCUT2D eigenvalue weighted by Gasteiger charge is 2.36. The number of piperazine rings is 1. The first-order chi connectivity index (χ1) is 18.8. The fraction of sp³-hybridized carbons (Fsp3) is 0.429. The van der Waals surface area contributed by atoms with Crippen LogP contribution in [0.25, 0.3) is 21.1 Å². The third kappa shape index (κ3) is 5.27. The quantitative estimate of drug-likeness (QED) is 0.351. The van der Waals surface area contributed by atoms with Crippen LogP contribution in [0.4, 0.5) is 20.6 Å². The molecule has 40 heavy (non-hydrogen) atoms. The SMILES string of the molecule is COc1nc2c(C(=O)Nc3cc(F)c4nn(C)cc4c3)ccc(N3C[C@@H](C)N(C(=O)OC(C)(C)C)[C@H](C)C3)c2s1. The topological polar surface area (TPSA) is 102 Å². The van der Waals surface area contributed by atoms with Gasteiger partial charge in [0, 0.05) is 37.4 Å². The highest BCUT2D eigenvalue weighted by molar-refractivity contribution is 7.21. The van der Waals surface area contributed by atoms with Crippen LogP contribution in [0.1, 0.15) is 45.0 Å². The van der Waals surface area contributed by atoms with Crippen LogP contribution in [0, 0.1) is 5.82 Å². The smallest absolute Gasteiger partial charge is 0.410 e. The average molecular weight is 569 g/mol. The van der Waals surface area contributed by atoms with Crippen molar-refractivity contribution in [1.82, 2.24) is 19.7 Å². The van der Waals surface area contributed by atoms with Crippen LogP contribution < -0.4 is 15.0 Å². The third-order valence-electron chi connectivity index (χ3n) is 6.72. The van der Waals surface area contributed by atoms with E-state index in [2.05, 4.69) is 20.3 Å². The second kappa shape index (κ2) is 10.2. The zero-order chi connectivity index (χ0) is 28.9. The summed E-state index contributed by atoms with van der Waals surface area (Å²) in [4.78, 5) is 34.8. The summed E-state index contributed by atoms with van der Waals surface area (Å²) >= 11 is 1.35. The molecule has 2 amide bonds. The Morgan fingerprint density at radius 3 is 2.48 bits per heavy atom. The largest absolute Gasteiger partial charge is 0.473 e. The Labute approximate surface area is 235 Å². The van der Waals surface area contributed by atoms with Crippen molar-refractivity contribution >= 4 is 55.8 Å². The standard InChI is InChI=1S/C28H33FN6O4S/c1-15-12-34(13-16(2)35(15)27(37)39-28(3,4)5)21-9-8-19(23-24(21)40-26(31-23)38-7)25(36)30-18-10-17-14-33(6)32-22(17)20(29)11-18/h8-11,14-16H,12-13H2,1-7H3,(H,30,36)/t15-,16-/m1/s1. The molecule has 0 bridgehead atoms. The maximum Gasteiger partial charge on any atom is 0.410 e. The molecule has 0 radical (unpaired) electrons. The van der Waals surface area contributed by atoms with Crippen LogP contribution >= 0.6 is 11.3 Å². The fourth-order valence-electron chi connectivity index (χ4n) is 5.17. The number of aromatic nitrogens is 3. The van der Waals surface area contributed by atoms with Crippen molar-refractivity contribution in [3.8, 4) is 5.19 Å². The van der Waals surface area contributed by atoms with Gasteiger partial charge >= 0.3 is 6.09 Å². The van der Waals surface area contributed by atoms with E-state index in [0.29, 0.717) is 40.4 Å². The third-order valence-corrected chi connectivity index (χ3v) is 7.76. The van der Waals surface area contributed by atoms with Crippen LogP contribution in [-0.4, -0.2) is 69.5 Å². The Kier molecular flexibility index (Phi) is 7.07. The van der Waals surface area contributed by atoms with Crippen molar-refractivity contribution in [2.75, 3.05) is 30.4 Å². The highest BCUT2D eigenvalue weighted by atomic mass is 32.1. The van der Waals surface area contributed by atoms with Gasteiger partial charge in [0.1, 0.15) is 16.6 Å². The predicted octanol–water partition coefficient (Wildman–Crippen LogP) is 5.42. The molecule has 1 N–H and O–H groups in total. The highest BCUT2D eigenvalue weighted by Crippen LogP contribution is 2.39. The molecule has 0 spiro atoms. The Morgan fingerprint density at radius 2 is 1.82 bits per heavy atom. The van der Waals surface area contributed by atoms with Gasteiger partial charge in [-0.2, -0.15) is 5.10 Å². The van der Waals surface area contributed by atoms with Crippen LogP contribution in [0.2, 0.25) is 0 Å². The van der Waals surface area contributed by atoms with E-state index in [1.165, 1.54) is 29.2 Å². The Hall–Kier alpha value is -3.93. The number of fused-ring (bicyclic) bond motifs is 2. The van der Waals surface area contributed by atoms with Gasteiger partial charge in [-0.15, -0.1) is 0 Å². The lowest BCUT2D eigenvalue weighted by Crippen LogP contribution is -2.59. The van der Waals surface area contributed by atoms with Gasteiger partial charge in [-0.3, -0.25) is 14.4 Å². The maximum atomic E-state index is 14.6. The van der Waals surface area contributed by atoms with Crippen molar-refractivity contribution < 1.29 is 23.5 Å². The van der Waals surface area contributed by atoms with Crippen molar-refractivity contribution in [3.63, 3.8) is 0 Å². The number of aryl methyl sites for hydroxylation is 1. The number of carbonyl (C=O) groups excluding carboxylic acids is 2. The van der Waals surface area contributed by atoms with E-state index >= 15 is 0 Å². The summed E-state index contributed by atoms with van der Waals surface area (Å²) in [5, 5.41) is 7.93. The first-order valence-electron chi connectivity index (χ1n) is 13.0. The van der Waals surface area contributed by atoms with Gasteiger partial charge in [-0.1, -0.05) is 11.3 Å². The van der Waals surface area contributed by atoms with Crippen molar-refractivity contribution in [1.29, 1.82) is 0 Å². The normalized spacial score (nSPS) is 17.9. The van der Waals surface area contributed by atoms with Gasteiger partial charge in [-0.05, 0) is 58.9 Å². The number of methoxy groups -OCH3 is 1. The molecule has 1 saturated heterocycles. The number of ether oxygens (including phenoxy) is 2. The number of nitrogens with one attached hydrogen (secondary N) is 1. The van der Waals surface area contributed by atoms with E-state index in [9.17, 15) is 14.0 Å². The van der Waals surface area contributed by atoms with Crippen molar-refractivity contribution in [3.05, 3.63) is 41.8 Å². The molecule has 2 atom stereocenters. The van der Waals surface area contributed by atoms with Crippen LogP contribution in [-0.2, 0) is 11.8 Å². The molecule has 2 aromatic heterocycles. The van der Waals surface area contributed by atoms with Crippen molar-refractivity contribution in [2.45, 2.75) is 52.3 Å². The van der Waals surface area contributed by atoms with Crippen LogP contribution in [0.5, 0.6) is 5.19 Å². The minimum absolute atomic E-state index is 0.108. The summed E-state index contributed by atoms with van der Waals surface area (Å²) in [6, 6.07) is 6.34. The number of hydrogen-bond donors (Lipinski definition) is 1. The molecule has 0 aliphatic carbocycles. The number of carbonyl (C=O) groups is 2. The zero-order valence-corrected chi connectivity index (χ0v) is 24.4. The number of thiazole rings is 1. The van der Waals surface area contributed by atoms with Gasteiger partial charge in [0.15, 0.2) is 5.82 Å². The molecule has 212 valence electrons. The Balaban J connectivity index is 1.44. The zero-order valence-electron chi connectivity index (χ0n) is 23.6. The summed E-state index contributed by atoms with van der Waals surface area (Å²) in [6.45, 7) is 10.7. The average Bonchev–Trinajstić information content (AvgIpc) is 3.45. The van der Waals surface area contributed by atoms with Gasteiger partial charge < -0.3 is 19.7 Å². The van der Waals surface area contributed by atoms with E-state index in [-0.39, 0.29) is 23.7 Å². The lowest BCUT2D eigenvalue weighted by atomic mass is 10.1. The molecule has 2 aromatic carbocycles. The summed E-state index contributed by atoms with van der Waals surface area (Å²) < 4.78 is 28.0. The van der Waals surface area contributed by atoms with E-state index in [1.54, 1.807) is 30.3 Å². The number of hydrogen-bond acceptors (Lipinski definition) is 8. The maximum absolute atomic E-state index is 14.6.